The molecule has 1 aromatic carbocycles. The van der Waals surface area contributed by atoms with E-state index in [1.165, 1.54) is 11.0 Å². The van der Waals surface area contributed by atoms with Gasteiger partial charge in [-0.05, 0) is 11.1 Å². The maximum atomic E-state index is 13.8. The van der Waals surface area contributed by atoms with E-state index in [1.807, 2.05) is 20.8 Å². The molecular weight excluding hydrogens is 431 g/mol. The highest BCUT2D eigenvalue weighted by Crippen LogP contribution is 2.36. The fourth-order valence-electron chi connectivity index (χ4n) is 3.32. The van der Waals surface area contributed by atoms with Crippen molar-refractivity contribution in [3.05, 3.63) is 41.2 Å². The minimum Gasteiger partial charge on any atom is -0.393 e. The largest absolute Gasteiger partial charge is 0.393 e. The van der Waals surface area contributed by atoms with Crippen molar-refractivity contribution in [1.29, 1.82) is 0 Å². The van der Waals surface area contributed by atoms with Crippen molar-refractivity contribution < 1.29 is 21.1 Å². The van der Waals surface area contributed by atoms with E-state index in [-0.39, 0.29) is 36.8 Å². The third kappa shape index (κ3) is 5.78. The Morgan fingerprint density at radius 1 is 1.19 bits per heavy atom. The van der Waals surface area contributed by atoms with E-state index in [9.17, 15) is 21.1 Å². The van der Waals surface area contributed by atoms with Crippen molar-refractivity contribution in [2.45, 2.75) is 50.8 Å². The number of aromatic nitrogens is 2. The summed E-state index contributed by atoms with van der Waals surface area (Å²) in [4.78, 5) is 10.4. The highest BCUT2D eigenvalue weighted by molar-refractivity contribution is 7.85. The molecule has 170 valence electrons. The molecule has 0 unspecified atom stereocenters. The Kier molecular flexibility index (Phi) is 6.09. The third-order valence-corrected chi connectivity index (χ3v) is 5.61. The average molecular weight is 458 g/mol. The van der Waals surface area contributed by atoms with E-state index in [0.717, 1.165) is 0 Å². The number of nitrogens with two attached hydrogens (primary N) is 1. The Morgan fingerprint density at radius 3 is 2.39 bits per heavy atom. The lowest BCUT2D eigenvalue weighted by Gasteiger charge is -2.25. The molecule has 31 heavy (non-hydrogen) atoms. The van der Waals surface area contributed by atoms with Gasteiger partial charge in [-0.25, -0.2) is 18.7 Å². The Hall–Kier alpha value is -2.56. The summed E-state index contributed by atoms with van der Waals surface area (Å²) in [5.41, 5.74) is 6.75. The predicted molar refractivity (Wildman–Crippen MR) is 114 cm³/mol. The molecule has 0 amide bonds. The van der Waals surface area contributed by atoms with Crippen molar-refractivity contribution >= 4 is 27.5 Å². The first-order valence-electron chi connectivity index (χ1n) is 9.79. The van der Waals surface area contributed by atoms with Gasteiger partial charge in [-0.3, -0.25) is 0 Å². The first-order valence-corrected chi connectivity index (χ1v) is 11.3. The van der Waals surface area contributed by atoms with Gasteiger partial charge in [0.25, 0.3) is 5.92 Å². The summed E-state index contributed by atoms with van der Waals surface area (Å²) in [6.07, 6.45) is -0.283. The summed E-state index contributed by atoms with van der Waals surface area (Å²) in [6, 6.07) is 6.51. The number of nitrogens with one attached hydrogen (secondary N) is 1. The number of nitrogens with zero attached hydrogens (tertiary/aromatic N) is 3. The zero-order chi connectivity index (χ0) is 23.0. The molecule has 0 aliphatic carbocycles. The van der Waals surface area contributed by atoms with Gasteiger partial charge in [-0.1, -0.05) is 45.0 Å². The number of anilines is 3. The van der Waals surface area contributed by atoms with Crippen LogP contribution in [0.2, 0.25) is 0 Å². The summed E-state index contributed by atoms with van der Waals surface area (Å²) in [5.74, 6) is -2.65. The van der Waals surface area contributed by atoms with Gasteiger partial charge in [-0.15, -0.1) is 3.89 Å². The highest BCUT2D eigenvalue weighted by Gasteiger charge is 2.40. The number of hydrogen-bond donors (Lipinski definition) is 2. The van der Waals surface area contributed by atoms with E-state index in [1.54, 1.807) is 18.2 Å². The summed E-state index contributed by atoms with van der Waals surface area (Å²) in [7, 11) is -4.70. The Bertz CT molecular complexity index is 1070. The number of rotatable bonds is 6. The molecule has 1 aromatic heterocycles. The third-order valence-electron chi connectivity index (χ3n) is 4.96. The molecule has 3 rings (SSSR count). The van der Waals surface area contributed by atoms with Gasteiger partial charge in [0.05, 0.1) is 6.54 Å². The van der Waals surface area contributed by atoms with Gasteiger partial charge in [-0.2, -0.15) is 8.42 Å². The van der Waals surface area contributed by atoms with Crippen LogP contribution >= 0.6 is 0 Å². The Balaban J connectivity index is 1.94. The van der Waals surface area contributed by atoms with Crippen LogP contribution in [0.1, 0.15) is 44.1 Å². The van der Waals surface area contributed by atoms with Crippen LogP contribution in [0.15, 0.2) is 24.3 Å². The van der Waals surface area contributed by atoms with Crippen LogP contribution in [0.5, 0.6) is 0 Å². The van der Waals surface area contributed by atoms with E-state index in [2.05, 4.69) is 15.3 Å². The van der Waals surface area contributed by atoms with Gasteiger partial charge in [0.1, 0.15) is 17.3 Å². The molecular formula is C20H26F3N5O2S. The number of alkyl halides is 2. The minimum atomic E-state index is -4.70. The average Bonchev–Trinajstić information content (AvgIpc) is 2.99. The van der Waals surface area contributed by atoms with Crippen LogP contribution in [-0.2, 0) is 27.9 Å². The molecule has 1 saturated heterocycles. The second kappa shape index (κ2) is 8.18. The molecule has 1 aliphatic rings. The number of hydrogen-bond acceptors (Lipinski definition) is 7. The van der Waals surface area contributed by atoms with Crippen molar-refractivity contribution in [3.8, 4) is 0 Å². The molecule has 0 radical (unpaired) electrons. The zero-order valence-electron chi connectivity index (χ0n) is 17.6. The lowest BCUT2D eigenvalue weighted by Crippen LogP contribution is -2.28. The van der Waals surface area contributed by atoms with Crippen molar-refractivity contribution in [3.63, 3.8) is 0 Å². The van der Waals surface area contributed by atoms with E-state index < -0.39 is 33.9 Å². The van der Waals surface area contributed by atoms with Gasteiger partial charge in [0.2, 0.25) is 0 Å². The van der Waals surface area contributed by atoms with Crippen LogP contribution in [0, 0.1) is 0 Å². The fourth-order valence-corrected chi connectivity index (χ4v) is 3.97. The lowest BCUT2D eigenvalue weighted by molar-refractivity contribution is 0.0257. The summed E-state index contributed by atoms with van der Waals surface area (Å²) < 4.78 is 62.9. The SMILES string of the molecule is CC(C)(C)c1nc(NCc2ccccc2CS(=O)(=O)F)c(N)c(N2CCC(F)(F)C2)n1. The minimum absolute atomic E-state index is 0.117. The van der Waals surface area contributed by atoms with E-state index in [0.29, 0.717) is 17.0 Å². The maximum Gasteiger partial charge on any atom is 0.306 e. The van der Waals surface area contributed by atoms with Crippen LogP contribution in [0.25, 0.3) is 0 Å². The fraction of sp³-hybridized carbons (Fsp3) is 0.500. The van der Waals surface area contributed by atoms with Crippen LogP contribution < -0.4 is 16.0 Å². The lowest BCUT2D eigenvalue weighted by atomic mass is 9.95. The molecule has 7 nitrogen and oxygen atoms in total. The smallest absolute Gasteiger partial charge is 0.306 e. The maximum absolute atomic E-state index is 13.8. The normalized spacial score (nSPS) is 16.5. The van der Waals surface area contributed by atoms with Crippen LogP contribution in [0.4, 0.5) is 30.0 Å². The van der Waals surface area contributed by atoms with Gasteiger partial charge < -0.3 is 16.0 Å². The molecule has 0 spiro atoms. The highest BCUT2D eigenvalue weighted by atomic mass is 32.3. The quantitative estimate of drug-likeness (QED) is 0.639. The number of benzene rings is 1. The van der Waals surface area contributed by atoms with Crippen LogP contribution in [-0.4, -0.2) is 37.4 Å². The molecule has 1 aliphatic heterocycles. The summed E-state index contributed by atoms with van der Waals surface area (Å²) in [5, 5.41) is 3.04. The molecule has 1 fully saturated rings. The van der Waals surface area contributed by atoms with Gasteiger partial charge in [0, 0.05) is 24.9 Å². The second-order valence-corrected chi connectivity index (χ2v) is 10.1. The number of halogens is 3. The Morgan fingerprint density at radius 2 is 1.84 bits per heavy atom. The monoisotopic (exact) mass is 457 g/mol. The van der Waals surface area contributed by atoms with E-state index in [4.69, 9.17) is 5.73 Å². The van der Waals surface area contributed by atoms with Crippen molar-refractivity contribution in [1.82, 2.24) is 9.97 Å². The Labute approximate surface area is 180 Å². The van der Waals surface area contributed by atoms with Gasteiger partial charge >= 0.3 is 10.2 Å². The topological polar surface area (TPSA) is 101 Å². The molecule has 2 heterocycles. The van der Waals surface area contributed by atoms with Crippen LogP contribution in [0.3, 0.4) is 0 Å². The molecule has 0 bridgehead atoms. The first-order chi connectivity index (χ1) is 14.3. The molecule has 0 saturated carbocycles. The number of nitrogen functional groups attached to an aromatic ring is 1. The zero-order valence-corrected chi connectivity index (χ0v) is 18.4. The van der Waals surface area contributed by atoms with Crippen molar-refractivity contribution in [2.24, 2.45) is 0 Å². The molecule has 0 atom stereocenters. The molecule has 2 aromatic rings. The standard InChI is InChI=1S/C20H26F3N5O2S/c1-19(2,3)18-26-16(15(24)17(27-18)28-9-8-20(21,22)12-28)25-10-13-6-4-5-7-14(13)11-31(23,29)30/h4-7H,8-12,24H2,1-3H3,(H,25,26,27). The molecule has 3 N–H and O–H groups in total. The van der Waals surface area contributed by atoms with E-state index >= 15 is 0 Å². The first kappa shape index (κ1) is 23.1. The van der Waals surface area contributed by atoms with Crippen molar-refractivity contribution in [2.75, 3.05) is 29.0 Å². The summed E-state index contributed by atoms with van der Waals surface area (Å²) >= 11 is 0. The second-order valence-electron chi connectivity index (χ2n) is 8.72. The van der Waals surface area contributed by atoms with Gasteiger partial charge in [0.15, 0.2) is 11.6 Å². The summed E-state index contributed by atoms with van der Waals surface area (Å²) in [6.45, 7) is 5.44. The molecule has 11 heteroatoms. The predicted octanol–water partition coefficient (Wildman–Crippen LogP) is 3.61.